The summed E-state index contributed by atoms with van der Waals surface area (Å²) in [6.07, 6.45) is 1.15. The number of carbonyl (C=O) groups is 2. The quantitative estimate of drug-likeness (QED) is 0.546. The van der Waals surface area contributed by atoms with Gasteiger partial charge < -0.3 is 15.7 Å². The molecule has 0 saturated carbocycles. The Kier molecular flexibility index (Phi) is 6.77. The van der Waals surface area contributed by atoms with Crippen LogP contribution in [0, 0.1) is 23.4 Å². The second kappa shape index (κ2) is 8.14. The molecule has 0 radical (unpaired) electrons. The van der Waals surface area contributed by atoms with Crippen molar-refractivity contribution in [1.29, 1.82) is 0 Å². The van der Waals surface area contributed by atoms with E-state index in [4.69, 9.17) is 0 Å². The lowest BCUT2D eigenvalue weighted by Gasteiger charge is -2.24. The van der Waals surface area contributed by atoms with Crippen LogP contribution >= 0.6 is 0 Å². The fourth-order valence-electron chi connectivity index (χ4n) is 1.84. The highest BCUT2D eigenvalue weighted by Gasteiger charge is 2.24. The molecule has 134 valence electrons. The molecule has 1 rings (SSSR count). The molecule has 1 unspecified atom stereocenters. The highest BCUT2D eigenvalue weighted by molar-refractivity contribution is 6.39. The van der Waals surface area contributed by atoms with Gasteiger partial charge in [0, 0.05) is 6.54 Å². The van der Waals surface area contributed by atoms with Gasteiger partial charge in [0.1, 0.15) is 0 Å². The van der Waals surface area contributed by atoms with Crippen LogP contribution in [0.4, 0.5) is 18.9 Å². The SMILES string of the molecule is CC(C)CCC(C)(O)CNC(=O)C(=O)Nc1ccc(F)c(F)c1F. The maximum atomic E-state index is 13.4. The molecule has 0 spiro atoms. The first-order valence-corrected chi connectivity index (χ1v) is 7.48. The van der Waals surface area contributed by atoms with E-state index in [1.807, 2.05) is 19.2 Å². The molecule has 8 heteroatoms. The average molecular weight is 346 g/mol. The number of halogens is 3. The molecule has 0 bridgehead atoms. The number of carbonyl (C=O) groups excluding carboxylic acids is 2. The van der Waals surface area contributed by atoms with E-state index in [-0.39, 0.29) is 6.54 Å². The van der Waals surface area contributed by atoms with Crippen LogP contribution < -0.4 is 10.6 Å². The van der Waals surface area contributed by atoms with Crippen molar-refractivity contribution in [3.63, 3.8) is 0 Å². The topological polar surface area (TPSA) is 78.4 Å². The first-order chi connectivity index (χ1) is 11.0. The highest BCUT2D eigenvalue weighted by atomic mass is 19.2. The molecule has 1 atom stereocenters. The molecule has 0 aliphatic heterocycles. The van der Waals surface area contributed by atoms with Crippen LogP contribution in [0.5, 0.6) is 0 Å². The van der Waals surface area contributed by atoms with Crippen molar-refractivity contribution in [1.82, 2.24) is 5.32 Å². The van der Waals surface area contributed by atoms with Crippen molar-refractivity contribution in [2.24, 2.45) is 5.92 Å². The minimum Gasteiger partial charge on any atom is -0.388 e. The molecule has 2 amide bonds. The van der Waals surface area contributed by atoms with Gasteiger partial charge in [0.15, 0.2) is 17.5 Å². The number of anilines is 1. The summed E-state index contributed by atoms with van der Waals surface area (Å²) in [7, 11) is 0. The molecule has 0 heterocycles. The van der Waals surface area contributed by atoms with E-state index in [0.717, 1.165) is 12.5 Å². The van der Waals surface area contributed by atoms with Gasteiger partial charge >= 0.3 is 11.8 Å². The van der Waals surface area contributed by atoms with E-state index in [2.05, 4.69) is 5.32 Å². The van der Waals surface area contributed by atoms with Crippen LogP contribution in [0.25, 0.3) is 0 Å². The number of nitrogens with one attached hydrogen (secondary N) is 2. The summed E-state index contributed by atoms with van der Waals surface area (Å²) < 4.78 is 39.3. The van der Waals surface area contributed by atoms with Crippen molar-refractivity contribution < 1.29 is 27.9 Å². The number of hydrogen-bond acceptors (Lipinski definition) is 3. The molecule has 3 N–H and O–H groups in total. The van der Waals surface area contributed by atoms with Crippen molar-refractivity contribution >= 4 is 17.5 Å². The van der Waals surface area contributed by atoms with E-state index in [1.165, 1.54) is 6.92 Å². The Balaban J connectivity index is 2.60. The number of aliphatic hydroxyl groups is 1. The first kappa shape index (κ1) is 20.0. The number of hydrogen-bond donors (Lipinski definition) is 3. The third kappa shape index (κ3) is 5.84. The third-order valence-corrected chi connectivity index (χ3v) is 3.38. The van der Waals surface area contributed by atoms with Crippen LogP contribution in [0.2, 0.25) is 0 Å². The molecule has 24 heavy (non-hydrogen) atoms. The van der Waals surface area contributed by atoms with Crippen LogP contribution in [0.1, 0.15) is 33.6 Å². The molecule has 0 aromatic heterocycles. The zero-order chi connectivity index (χ0) is 18.5. The van der Waals surface area contributed by atoms with Crippen molar-refractivity contribution in [2.75, 3.05) is 11.9 Å². The van der Waals surface area contributed by atoms with Gasteiger partial charge in [0.25, 0.3) is 0 Å². The molecule has 0 saturated heterocycles. The normalized spacial score (nSPS) is 13.5. The maximum absolute atomic E-state index is 13.4. The second-order valence-electron chi connectivity index (χ2n) is 6.29. The lowest BCUT2D eigenvalue weighted by molar-refractivity contribution is -0.136. The summed E-state index contributed by atoms with van der Waals surface area (Å²) in [6.45, 7) is 5.31. The van der Waals surface area contributed by atoms with Gasteiger partial charge in [0.05, 0.1) is 11.3 Å². The monoisotopic (exact) mass is 346 g/mol. The Morgan fingerprint density at radius 2 is 1.79 bits per heavy atom. The molecule has 1 aromatic carbocycles. The van der Waals surface area contributed by atoms with E-state index in [1.54, 1.807) is 0 Å². The minimum absolute atomic E-state index is 0.174. The van der Waals surface area contributed by atoms with Crippen LogP contribution in [0.15, 0.2) is 12.1 Å². The summed E-state index contributed by atoms with van der Waals surface area (Å²) in [5.41, 5.74) is -1.85. The predicted octanol–water partition coefficient (Wildman–Crippen LogP) is 2.35. The Bertz CT molecular complexity index is 619. The van der Waals surface area contributed by atoms with E-state index in [9.17, 15) is 27.9 Å². The summed E-state index contributed by atoms with van der Waals surface area (Å²) in [6, 6.07) is 1.43. The van der Waals surface area contributed by atoms with Gasteiger partial charge in [-0.15, -0.1) is 0 Å². The zero-order valence-electron chi connectivity index (χ0n) is 13.8. The van der Waals surface area contributed by atoms with Crippen LogP contribution in [-0.4, -0.2) is 29.1 Å². The molecule has 1 aromatic rings. The Morgan fingerprint density at radius 1 is 1.17 bits per heavy atom. The summed E-state index contributed by atoms with van der Waals surface area (Å²) in [4.78, 5) is 23.3. The van der Waals surface area contributed by atoms with E-state index >= 15 is 0 Å². The molecule has 0 aliphatic rings. The smallest absolute Gasteiger partial charge is 0.313 e. The predicted molar refractivity (Wildman–Crippen MR) is 82.7 cm³/mol. The van der Waals surface area contributed by atoms with E-state index in [0.29, 0.717) is 18.4 Å². The molecular weight excluding hydrogens is 325 g/mol. The van der Waals surface area contributed by atoms with Crippen LogP contribution in [0.3, 0.4) is 0 Å². The van der Waals surface area contributed by atoms with Gasteiger partial charge in [-0.1, -0.05) is 13.8 Å². The Hall–Kier alpha value is -2.09. The summed E-state index contributed by atoms with van der Waals surface area (Å²) in [5, 5.41) is 14.2. The molecular formula is C16H21F3N2O3. The van der Waals surface area contributed by atoms with Crippen molar-refractivity contribution in [2.45, 2.75) is 39.2 Å². The standard InChI is InChI=1S/C16H21F3N2O3/c1-9(2)6-7-16(3,24)8-20-14(22)15(23)21-11-5-4-10(17)12(18)13(11)19/h4-5,9,24H,6-8H2,1-3H3,(H,20,22)(H,21,23). The average Bonchev–Trinajstić information content (AvgIpc) is 2.51. The lowest BCUT2D eigenvalue weighted by atomic mass is 9.95. The van der Waals surface area contributed by atoms with Crippen molar-refractivity contribution in [3.8, 4) is 0 Å². The first-order valence-electron chi connectivity index (χ1n) is 7.48. The van der Waals surface area contributed by atoms with E-state index < -0.39 is 40.6 Å². The molecule has 0 fully saturated rings. The maximum Gasteiger partial charge on any atom is 0.313 e. The highest BCUT2D eigenvalue weighted by Crippen LogP contribution is 2.19. The Labute approximate surface area is 138 Å². The fourth-order valence-corrected chi connectivity index (χ4v) is 1.84. The van der Waals surface area contributed by atoms with Gasteiger partial charge in [-0.25, -0.2) is 13.2 Å². The zero-order valence-corrected chi connectivity index (χ0v) is 13.8. The molecule has 5 nitrogen and oxygen atoms in total. The summed E-state index contributed by atoms with van der Waals surface area (Å²) >= 11 is 0. The number of benzene rings is 1. The largest absolute Gasteiger partial charge is 0.388 e. The number of amides is 2. The van der Waals surface area contributed by atoms with Gasteiger partial charge in [-0.2, -0.15) is 0 Å². The van der Waals surface area contributed by atoms with Gasteiger partial charge in [-0.3, -0.25) is 9.59 Å². The Morgan fingerprint density at radius 3 is 2.38 bits per heavy atom. The minimum atomic E-state index is -1.75. The number of rotatable bonds is 6. The lowest BCUT2D eigenvalue weighted by Crippen LogP contribution is -2.44. The van der Waals surface area contributed by atoms with Crippen LogP contribution in [-0.2, 0) is 9.59 Å². The van der Waals surface area contributed by atoms with Crippen molar-refractivity contribution in [3.05, 3.63) is 29.6 Å². The molecule has 0 aliphatic carbocycles. The third-order valence-electron chi connectivity index (χ3n) is 3.38. The second-order valence-corrected chi connectivity index (χ2v) is 6.29. The summed E-state index contributed by atoms with van der Waals surface area (Å²) in [5.74, 6) is -6.75. The van der Waals surface area contributed by atoms with Gasteiger partial charge in [0.2, 0.25) is 0 Å². The van der Waals surface area contributed by atoms with Gasteiger partial charge in [-0.05, 0) is 37.8 Å². The fraction of sp³-hybridized carbons (Fsp3) is 0.500.